The minimum absolute atomic E-state index is 0.645. The van der Waals surface area contributed by atoms with Gasteiger partial charge in [-0.2, -0.15) is 0 Å². The van der Waals surface area contributed by atoms with Crippen LogP contribution < -0.4 is 0 Å². The first-order valence-corrected chi connectivity index (χ1v) is 19.9. The average molecular weight is 484 g/mol. The summed E-state index contributed by atoms with van der Waals surface area (Å²) in [6, 6.07) is 0.645. The fourth-order valence-corrected chi connectivity index (χ4v) is 24.0. The Balaban J connectivity index is 2.23. The fourth-order valence-electron chi connectivity index (χ4n) is 5.72. The molecule has 0 aromatic carbocycles. The Morgan fingerprint density at radius 3 is 2.15 bits per heavy atom. The molecule has 0 aromatic heterocycles. The second-order valence-corrected chi connectivity index (χ2v) is 23.4. The van der Waals surface area contributed by atoms with E-state index in [4.69, 9.17) is 4.74 Å². The third-order valence-electron chi connectivity index (χ3n) is 7.32. The van der Waals surface area contributed by atoms with Crippen molar-refractivity contribution in [2.24, 2.45) is 0 Å². The van der Waals surface area contributed by atoms with Gasteiger partial charge >= 0.3 is 175 Å². The molecule has 2 aliphatic rings. The van der Waals surface area contributed by atoms with E-state index in [0.717, 1.165) is 10.5 Å². The van der Waals surface area contributed by atoms with Crippen LogP contribution in [0.3, 0.4) is 0 Å². The average Bonchev–Trinajstić information content (AvgIpc) is 3.16. The van der Waals surface area contributed by atoms with Crippen LogP contribution >= 0.6 is 0 Å². The maximum atomic E-state index is 5.54. The molecule has 2 rings (SSSR count). The number of methoxy groups -OCH3 is 1. The van der Waals surface area contributed by atoms with E-state index in [-0.39, 0.29) is 0 Å². The van der Waals surface area contributed by atoms with Crippen molar-refractivity contribution < 1.29 is 4.74 Å². The molecule has 0 saturated carbocycles. The molecule has 27 heavy (non-hydrogen) atoms. The van der Waals surface area contributed by atoms with Crippen molar-refractivity contribution in [3.8, 4) is 0 Å². The maximum absolute atomic E-state index is 5.54. The van der Waals surface area contributed by atoms with Crippen LogP contribution in [-0.2, 0) is 4.74 Å². The molecule has 0 radical (unpaired) electrons. The number of nitrogens with zero attached hydrogens (tertiary/aromatic N) is 1. The second kappa shape index (κ2) is 12.8. The van der Waals surface area contributed by atoms with Gasteiger partial charge in [0.05, 0.1) is 0 Å². The number of allylic oxidation sites excluding steroid dienone is 2. The third kappa shape index (κ3) is 6.66. The van der Waals surface area contributed by atoms with Crippen LogP contribution in [0, 0.1) is 0 Å². The molecule has 0 bridgehead atoms. The van der Waals surface area contributed by atoms with Gasteiger partial charge in [0.1, 0.15) is 0 Å². The van der Waals surface area contributed by atoms with E-state index in [1.807, 2.05) is 7.11 Å². The summed E-state index contributed by atoms with van der Waals surface area (Å²) in [6.07, 6.45) is 18.5. The molecule has 1 aliphatic carbocycles. The summed E-state index contributed by atoms with van der Waals surface area (Å²) in [5.41, 5.74) is 1.72. The van der Waals surface area contributed by atoms with Crippen LogP contribution in [-0.4, -0.2) is 49.6 Å². The Morgan fingerprint density at radius 1 is 0.963 bits per heavy atom. The van der Waals surface area contributed by atoms with Gasteiger partial charge in [-0.3, -0.25) is 0 Å². The van der Waals surface area contributed by atoms with Crippen molar-refractivity contribution in [2.75, 3.05) is 20.3 Å². The zero-order valence-corrected chi connectivity index (χ0v) is 21.8. The first-order valence-electron chi connectivity index (χ1n) is 12.2. The topological polar surface area (TPSA) is 12.5 Å². The zero-order valence-electron chi connectivity index (χ0n) is 18.9. The number of ether oxygens (including phenoxy) is 1. The SMILES string of the molecule is CCC[CH2][Sn]([CH2]CCC)([CH2]CCC)[CH]1C=C(N2CCCC2COC)CCC1. The van der Waals surface area contributed by atoms with Crippen molar-refractivity contribution >= 4 is 18.4 Å². The zero-order chi connectivity index (χ0) is 19.5. The van der Waals surface area contributed by atoms with Crippen molar-refractivity contribution in [3.05, 3.63) is 11.8 Å². The van der Waals surface area contributed by atoms with Crippen LogP contribution in [0.25, 0.3) is 0 Å². The number of likely N-dealkylation sites (tertiary alicyclic amines) is 1. The van der Waals surface area contributed by atoms with Crippen LogP contribution in [0.2, 0.25) is 17.2 Å². The number of hydrogen-bond donors (Lipinski definition) is 0. The predicted octanol–water partition coefficient (Wildman–Crippen LogP) is 7.38. The minimum atomic E-state index is -2.14. The third-order valence-corrected chi connectivity index (χ3v) is 24.7. The van der Waals surface area contributed by atoms with Gasteiger partial charge in [-0.1, -0.05) is 0 Å². The summed E-state index contributed by atoms with van der Waals surface area (Å²) in [4.78, 5) is 2.76. The Morgan fingerprint density at radius 2 is 1.59 bits per heavy atom. The molecule has 1 saturated heterocycles. The summed E-state index contributed by atoms with van der Waals surface area (Å²) >= 11 is -2.14. The summed E-state index contributed by atoms with van der Waals surface area (Å²) in [6.45, 7) is 9.39. The van der Waals surface area contributed by atoms with E-state index in [0.29, 0.717) is 6.04 Å². The fraction of sp³-hybridized carbons (Fsp3) is 0.917. The van der Waals surface area contributed by atoms with Crippen molar-refractivity contribution in [3.63, 3.8) is 0 Å². The molecular formula is C24H47NOSn. The number of hydrogen-bond acceptors (Lipinski definition) is 2. The van der Waals surface area contributed by atoms with Crippen molar-refractivity contribution in [1.29, 1.82) is 0 Å². The molecule has 2 nitrogen and oxygen atoms in total. The Bertz CT molecular complexity index is 414. The van der Waals surface area contributed by atoms with Crippen LogP contribution in [0.1, 0.15) is 91.4 Å². The van der Waals surface area contributed by atoms with E-state index in [2.05, 4.69) is 31.7 Å². The van der Waals surface area contributed by atoms with Crippen molar-refractivity contribution in [2.45, 2.75) is 115 Å². The summed E-state index contributed by atoms with van der Waals surface area (Å²) in [5.74, 6) is 0. The molecule has 2 unspecified atom stereocenters. The Kier molecular flexibility index (Phi) is 11.2. The van der Waals surface area contributed by atoms with Gasteiger partial charge in [0.2, 0.25) is 0 Å². The van der Waals surface area contributed by atoms with E-state index in [1.165, 1.54) is 77.2 Å². The van der Waals surface area contributed by atoms with Gasteiger partial charge in [-0.15, -0.1) is 0 Å². The molecule has 0 spiro atoms. The summed E-state index contributed by atoms with van der Waals surface area (Å²) < 4.78 is 11.5. The van der Waals surface area contributed by atoms with Gasteiger partial charge in [0.15, 0.2) is 0 Å². The Labute approximate surface area is 174 Å². The first-order chi connectivity index (χ1) is 13.2. The van der Waals surface area contributed by atoms with Crippen molar-refractivity contribution in [1.82, 2.24) is 4.90 Å². The molecule has 0 aromatic rings. The summed E-state index contributed by atoms with van der Waals surface area (Å²) in [5, 5.41) is 0. The van der Waals surface area contributed by atoms with Gasteiger partial charge in [-0.05, 0) is 0 Å². The molecular weight excluding hydrogens is 437 g/mol. The molecule has 158 valence electrons. The molecule has 1 aliphatic heterocycles. The van der Waals surface area contributed by atoms with Crippen LogP contribution in [0.4, 0.5) is 0 Å². The van der Waals surface area contributed by atoms with Gasteiger partial charge in [-0.25, -0.2) is 0 Å². The normalized spacial score (nSPS) is 23.7. The van der Waals surface area contributed by atoms with Gasteiger partial charge < -0.3 is 0 Å². The molecule has 1 heterocycles. The van der Waals surface area contributed by atoms with Crippen LogP contribution in [0.5, 0.6) is 0 Å². The van der Waals surface area contributed by atoms with E-state index >= 15 is 0 Å². The Hall–Kier alpha value is 0.299. The second-order valence-electron chi connectivity index (χ2n) is 9.27. The molecule has 3 heteroatoms. The number of unbranched alkanes of at least 4 members (excludes halogenated alkanes) is 3. The van der Waals surface area contributed by atoms with Gasteiger partial charge in [0, 0.05) is 0 Å². The van der Waals surface area contributed by atoms with E-state index in [9.17, 15) is 0 Å². The predicted molar refractivity (Wildman–Crippen MR) is 122 cm³/mol. The van der Waals surface area contributed by atoms with E-state index in [1.54, 1.807) is 19.0 Å². The van der Waals surface area contributed by atoms with E-state index < -0.39 is 18.4 Å². The molecule has 1 fully saturated rings. The summed E-state index contributed by atoms with van der Waals surface area (Å²) in [7, 11) is 1.87. The molecule has 0 amide bonds. The molecule has 0 N–H and O–H groups in total. The first kappa shape index (κ1) is 23.6. The van der Waals surface area contributed by atoms with Crippen LogP contribution in [0.15, 0.2) is 11.8 Å². The number of rotatable bonds is 13. The molecule has 2 atom stereocenters. The van der Waals surface area contributed by atoms with Gasteiger partial charge in [0.25, 0.3) is 0 Å². The monoisotopic (exact) mass is 485 g/mol. The quantitative estimate of drug-likeness (QED) is 0.253. The standard InChI is InChI=1S/C12H20NO.3C4H9.Sn/c1-14-10-12-8-5-9-13(12)11-6-3-2-4-7-11;3*1-3-4-2;/h3,6,12H,2,4-5,7-10H2,1H3;3*1,3-4H2,2H3;.